The van der Waals surface area contributed by atoms with Gasteiger partial charge in [0.25, 0.3) is 0 Å². The standard InChI is InChI=1S/C18H22N2O4/c1-11(2)16(22)20-14(17(23)24)9-18(3)8-12-6-4-5-7-13(12)19-15(21)10-18/h4-7,14H,1,8-10H2,2-3H3,(H,19,21)(H,20,22)(H,23,24). The van der Waals surface area contributed by atoms with Crippen molar-refractivity contribution in [3.8, 4) is 0 Å². The van der Waals surface area contributed by atoms with E-state index in [1.54, 1.807) is 0 Å². The van der Waals surface area contributed by atoms with Crippen molar-refractivity contribution < 1.29 is 19.5 Å². The van der Waals surface area contributed by atoms with Gasteiger partial charge >= 0.3 is 5.97 Å². The fraction of sp³-hybridized carbons (Fsp3) is 0.389. The Morgan fingerprint density at radius 1 is 1.38 bits per heavy atom. The van der Waals surface area contributed by atoms with Gasteiger partial charge in [-0.2, -0.15) is 0 Å². The van der Waals surface area contributed by atoms with Crippen molar-refractivity contribution in [1.82, 2.24) is 5.32 Å². The fourth-order valence-electron chi connectivity index (χ4n) is 3.02. The lowest BCUT2D eigenvalue weighted by molar-refractivity contribution is -0.142. The first-order valence-corrected chi connectivity index (χ1v) is 7.77. The topological polar surface area (TPSA) is 95.5 Å². The van der Waals surface area contributed by atoms with E-state index >= 15 is 0 Å². The molecular weight excluding hydrogens is 308 g/mol. The largest absolute Gasteiger partial charge is 0.480 e. The molecule has 6 nitrogen and oxygen atoms in total. The van der Waals surface area contributed by atoms with Crippen molar-refractivity contribution >= 4 is 23.5 Å². The van der Waals surface area contributed by atoms with Gasteiger partial charge in [0.05, 0.1) is 0 Å². The average molecular weight is 330 g/mol. The highest BCUT2D eigenvalue weighted by Crippen LogP contribution is 2.37. The molecular formula is C18H22N2O4. The maximum absolute atomic E-state index is 12.2. The van der Waals surface area contributed by atoms with Crippen LogP contribution in [0.3, 0.4) is 0 Å². The van der Waals surface area contributed by atoms with Crippen LogP contribution in [-0.2, 0) is 20.8 Å². The first-order valence-electron chi connectivity index (χ1n) is 7.77. The smallest absolute Gasteiger partial charge is 0.326 e. The Labute approximate surface area is 140 Å². The minimum Gasteiger partial charge on any atom is -0.480 e. The normalized spacial score (nSPS) is 21.0. The Morgan fingerprint density at radius 3 is 2.67 bits per heavy atom. The number of carbonyl (C=O) groups excluding carboxylic acids is 2. The Morgan fingerprint density at radius 2 is 2.04 bits per heavy atom. The van der Waals surface area contributed by atoms with Crippen molar-refractivity contribution in [3.63, 3.8) is 0 Å². The highest BCUT2D eigenvalue weighted by Gasteiger charge is 2.37. The van der Waals surface area contributed by atoms with Crippen molar-refractivity contribution in [2.24, 2.45) is 5.41 Å². The molecule has 6 heteroatoms. The number of amides is 2. The third-order valence-electron chi connectivity index (χ3n) is 4.18. The number of carbonyl (C=O) groups is 3. The molecule has 1 aliphatic rings. The van der Waals surface area contributed by atoms with Crippen molar-refractivity contribution in [1.29, 1.82) is 0 Å². The SMILES string of the molecule is C=C(C)C(=O)NC(CC1(C)CC(=O)Nc2ccccc2C1)C(=O)O. The molecule has 1 aromatic carbocycles. The molecule has 2 rings (SSSR count). The zero-order valence-electron chi connectivity index (χ0n) is 13.9. The van der Waals surface area contributed by atoms with Gasteiger partial charge in [0, 0.05) is 17.7 Å². The number of aliphatic carboxylic acids is 1. The Balaban J connectivity index is 2.24. The summed E-state index contributed by atoms with van der Waals surface area (Å²) < 4.78 is 0. The van der Waals surface area contributed by atoms with Crippen LogP contribution in [0.4, 0.5) is 5.69 Å². The molecule has 0 bridgehead atoms. The van der Waals surface area contributed by atoms with Gasteiger partial charge in [0.2, 0.25) is 11.8 Å². The van der Waals surface area contributed by atoms with E-state index in [0.29, 0.717) is 6.42 Å². The summed E-state index contributed by atoms with van der Waals surface area (Å²) in [5.41, 5.74) is 1.38. The molecule has 1 heterocycles. The lowest BCUT2D eigenvalue weighted by Gasteiger charge is -2.30. The van der Waals surface area contributed by atoms with Gasteiger partial charge in [-0.25, -0.2) is 4.79 Å². The Kier molecular flexibility index (Phi) is 5.07. The molecule has 0 radical (unpaired) electrons. The van der Waals surface area contributed by atoms with Crippen LogP contribution in [-0.4, -0.2) is 28.9 Å². The van der Waals surface area contributed by atoms with Crippen LogP contribution in [0.5, 0.6) is 0 Å². The van der Waals surface area contributed by atoms with E-state index in [2.05, 4.69) is 17.2 Å². The fourth-order valence-corrected chi connectivity index (χ4v) is 3.02. The summed E-state index contributed by atoms with van der Waals surface area (Å²) in [6, 6.07) is 6.40. The number of hydrogen-bond donors (Lipinski definition) is 3. The predicted molar refractivity (Wildman–Crippen MR) is 90.5 cm³/mol. The summed E-state index contributed by atoms with van der Waals surface area (Å²) in [7, 11) is 0. The zero-order chi connectivity index (χ0) is 17.9. The highest BCUT2D eigenvalue weighted by atomic mass is 16.4. The van der Waals surface area contributed by atoms with Gasteiger partial charge in [-0.3, -0.25) is 9.59 Å². The molecule has 0 aliphatic carbocycles. The van der Waals surface area contributed by atoms with Gasteiger partial charge in [-0.1, -0.05) is 31.7 Å². The van der Waals surface area contributed by atoms with Crippen LogP contribution in [0.25, 0.3) is 0 Å². The number of anilines is 1. The number of carboxylic acids is 1. The van der Waals surface area contributed by atoms with Crippen LogP contribution in [0.1, 0.15) is 32.3 Å². The number of nitrogens with one attached hydrogen (secondary N) is 2. The lowest BCUT2D eigenvalue weighted by Crippen LogP contribution is -2.45. The second kappa shape index (κ2) is 6.86. The lowest BCUT2D eigenvalue weighted by atomic mass is 9.76. The Bertz CT molecular complexity index is 698. The molecule has 3 N–H and O–H groups in total. The van der Waals surface area contributed by atoms with E-state index in [-0.39, 0.29) is 24.3 Å². The molecule has 0 saturated carbocycles. The summed E-state index contributed by atoms with van der Waals surface area (Å²) >= 11 is 0. The minimum atomic E-state index is -1.12. The van der Waals surface area contributed by atoms with Gasteiger partial charge in [-0.05, 0) is 36.8 Å². The van der Waals surface area contributed by atoms with Crippen LogP contribution in [0, 0.1) is 5.41 Å². The van der Waals surface area contributed by atoms with Crippen LogP contribution < -0.4 is 10.6 Å². The van der Waals surface area contributed by atoms with E-state index in [9.17, 15) is 19.5 Å². The van der Waals surface area contributed by atoms with E-state index in [1.807, 2.05) is 31.2 Å². The molecule has 2 unspecified atom stereocenters. The molecule has 0 saturated heterocycles. The molecule has 128 valence electrons. The van der Waals surface area contributed by atoms with Gasteiger partial charge in [-0.15, -0.1) is 0 Å². The number of hydrogen-bond acceptors (Lipinski definition) is 3. The summed E-state index contributed by atoms with van der Waals surface area (Å²) in [5, 5.41) is 14.8. The summed E-state index contributed by atoms with van der Waals surface area (Å²) in [6.07, 6.45) is 0.895. The van der Waals surface area contributed by atoms with E-state index in [0.717, 1.165) is 11.3 Å². The number of para-hydroxylation sites is 1. The maximum atomic E-state index is 12.2. The van der Waals surface area contributed by atoms with Crippen LogP contribution in [0.15, 0.2) is 36.4 Å². The van der Waals surface area contributed by atoms with Crippen LogP contribution >= 0.6 is 0 Å². The molecule has 24 heavy (non-hydrogen) atoms. The Hall–Kier alpha value is -2.63. The van der Waals surface area contributed by atoms with Gasteiger partial charge in [0.15, 0.2) is 0 Å². The first-order chi connectivity index (χ1) is 11.2. The number of rotatable bonds is 5. The monoisotopic (exact) mass is 330 g/mol. The number of benzene rings is 1. The zero-order valence-corrected chi connectivity index (χ0v) is 13.9. The van der Waals surface area contributed by atoms with Crippen LogP contribution in [0.2, 0.25) is 0 Å². The van der Waals surface area contributed by atoms with E-state index in [4.69, 9.17) is 0 Å². The molecule has 1 aromatic rings. The third kappa shape index (κ3) is 4.22. The molecule has 0 aromatic heterocycles. The summed E-state index contributed by atoms with van der Waals surface area (Å²) in [6.45, 7) is 6.91. The first kappa shape index (κ1) is 17.7. The second-order valence-corrected chi connectivity index (χ2v) is 6.72. The molecule has 2 amide bonds. The van der Waals surface area contributed by atoms with Gasteiger partial charge in [0.1, 0.15) is 6.04 Å². The summed E-state index contributed by atoms with van der Waals surface area (Å²) in [5.74, 6) is -1.77. The number of carboxylic acid groups (broad SMARTS) is 1. The van der Waals surface area contributed by atoms with Crippen molar-refractivity contribution in [2.75, 3.05) is 5.32 Å². The van der Waals surface area contributed by atoms with Gasteiger partial charge < -0.3 is 15.7 Å². The third-order valence-corrected chi connectivity index (χ3v) is 4.18. The molecule has 1 aliphatic heterocycles. The molecule has 2 atom stereocenters. The highest BCUT2D eigenvalue weighted by molar-refractivity contribution is 5.95. The maximum Gasteiger partial charge on any atom is 0.326 e. The average Bonchev–Trinajstić information content (AvgIpc) is 2.60. The second-order valence-electron chi connectivity index (χ2n) is 6.72. The van der Waals surface area contributed by atoms with Crippen molar-refractivity contribution in [3.05, 3.63) is 42.0 Å². The van der Waals surface area contributed by atoms with E-state index < -0.39 is 23.3 Å². The minimum absolute atomic E-state index is 0.155. The summed E-state index contributed by atoms with van der Waals surface area (Å²) in [4.78, 5) is 35.5. The van der Waals surface area contributed by atoms with Crippen molar-refractivity contribution in [2.45, 2.75) is 39.2 Å². The molecule has 0 fully saturated rings. The quantitative estimate of drug-likeness (QED) is 0.721. The number of fused-ring (bicyclic) bond motifs is 1. The predicted octanol–water partition coefficient (Wildman–Crippen LogP) is 2.11. The van der Waals surface area contributed by atoms with E-state index in [1.165, 1.54) is 6.92 Å². The molecule has 0 spiro atoms.